The lowest BCUT2D eigenvalue weighted by atomic mass is 10.2. The van der Waals surface area contributed by atoms with Crippen molar-refractivity contribution in [2.24, 2.45) is 0 Å². The molecule has 1 aromatic carbocycles. The predicted molar refractivity (Wildman–Crippen MR) is 73.0 cm³/mol. The first-order valence-corrected chi connectivity index (χ1v) is 6.53. The lowest BCUT2D eigenvalue weighted by molar-refractivity contribution is 0.0952. The second kappa shape index (κ2) is 6.87. The first kappa shape index (κ1) is 14.3. The summed E-state index contributed by atoms with van der Waals surface area (Å²) in [5.41, 5.74) is 0.562. The molecule has 0 heterocycles. The molecular weight excluding hydrogens is 305 g/mol. The summed E-state index contributed by atoms with van der Waals surface area (Å²) in [5.74, 6) is 0.525. The maximum Gasteiger partial charge on any atom is 0.252 e. The van der Waals surface area contributed by atoms with E-state index in [1.165, 1.54) is 0 Å². The van der Waals surface area contributed by atoms with Gasteiger partial charge in [0.1, 0.15) is 5.75 Å². The third kappa shape index (κ3) is 4.56. The highest BCUT2D eigenvalue weighted by Crippen LogP contribution is 2.22. The quantitative estimate of drug-likeness (QED) is 0.846. The van der Waals surface area contributed by atoms with Crippen LogP contribution in [0.5, 0.6) is 5.75 Å². The number of alkyl halides is 1. The number of amides is 1. The van der Waals surface area contributed by atoms with Gasteiger partial charge in [-0.15, -0.1) is 11.6 Å². The summed E-state index contributed by atoms with van der Waals surface area (Å²) in [4.78, 5) is 11.9. The lowest BCUT2D eigenvalue weighted by Crippen LogP contribution is -2.26. The number of nitrogens with one attached hydrogen (secondary N) is 1. The fourth-order valence-corrected chi connectivity index (χ4v) is 1.82. The van der Waals surface area contributed by atoms with Crippen molar-refractivity contribution in [1.29, 1.82) is 0 Å². The monoisotopic (exact) mass is 319 g/mol. The molecule has 94 valence electrons. The highest BCUT2D eigenvalue weighted by molar-refractivity contribution is 9.10. The Morgan fingerprint density at radius 1 is 1.59 bits per heavy atom. The van der Waals surface area contributed by atoms with Gasteiger partial charge in [0.05, 0.1) is 12.7 Å². The second-order valence-corrected chi connectivity index (χ2v) is 5.27. The normalized spacial score (nSPS) is 12.0. The van der Waals surface area contributed by atoms with E-state index < -0.39 is 0 Å². The first-order chi connectivity index (χ1) is 8.04. The molecular formula is C12H15BrClNO2. The van der Waals surface area contributed by atoms with Crippen LogP contribution in [-0.4, -0.2) is 24.9 Å². The summed E-state index contributed by atoms with van der Waals surface area (Å²) in [6.45, 7) is 2.46. The van der Waals surface area contributed by atoms with Crippen LogP contribution < -0.4 is 10.1 Å². The lowest BCUT2D eigenvalue weighted by Gasteiger charge is -2.09. The van der Waals surface area contributed by atoms with Crippen molar-refractivity contribution in [3.05, 3.63) is 28.2 Å². The Morgan fingerprint density at radius 2 is 2.29 bits per heavy atom. The third-order valence-corrected chi connectivity index (χ3v) is 3.16. The number of carbonyl (C=O) groups is 1. The van der Waals surface area contributed by atoms with E-state index in [-0.39, 0.29) is 11.3 Å². The predicted octanol–water partition coefficient (Wildman–Crippen LogP) is 3.20. The van der Waals surface area contributed by atoms with E-state index in [0.717, 1.165) is 10.9 Å². The zero-order chi connectivity index (χ0) is 12.8. The maximum absolute atomic E-state index is 11.9. The van der Waals surface area contributed by atoms with E-state index in [0.29, 0.717) is 17.9 Å². The number of hydrogen-bond donors (Lipinski definition) is 1. The van der Waals surface area contributed by atoms with Crippen molar-refractivity contribution in [2.75, 3.05) is 13.7 Å². The first-order valence-electron chi connectivity index (χ1n) is 5.30. The molecule has 1 rings (SSSR count). The molecule has 0 aromatic heterocycles. The summed E-state index contributed by atoms with van der Waals surface area (Å²) in [5, 5.41) is 2.87. The van der Waals surface area contributed by atoms with Gasteiger partial charge in [-0.05, 0) is 47.5 Å². The Hall–Kier alpha value is -0.740. The van der Waals surface area contributed by atoms with E-state index in [2.05, 4.69) is 21.2 Å². The molecule has 5 heteroatoms. The molecule has 17 heavy (non-hydrogen) atoms. The highest BCUT2D eigenvalue weighted by Gasteiger charge is 2.11. The molecule has 0 bridgehead atoms. The molecule has 0 saturated carbocycles. The molecule has 3 nitrogen and oxygen atoms in total. The number of hydrogen-bond acceptors (Lipinski definition) is 2. The van der Waals surface area contributed by atoms with Crippen molar-refractivity contribution < 1.29 is 9.53 Å². The third-order valence-electron chi connectivity index (χ3n) is 2.25. The molecule has 0 radical (unpaired) electrons. The van der Waals surface area contributed by atoms with Crippen LogP contribution in [0.4, 0.5) is 0 Å². The van der Waals surface area contributed by atoms with Crippen molar-refractivity contribution in [2.45, 2.75) is 18.7 Å². The largest absolute Gasteiger partial charge is 0.497 e. The fourth-order valence-electron chi connectivity index (χ4n) is 1.29. The van der Waals surface area contributed by atoms with Crippen molar-refractivity contribution in [3.8, 4) is 5.75 Å². The molecule has 1 amide bonds. The highest BCUT2D eigenvalue weighted by atomic mass is 79.9. The Morgan fingerprint density at radius 3 is 2.88 bits per heavy atom. The minimum atomic E-state index is -0.131. The number of ether oxygens (including phenoxy) is 1. The topological polar surface area (TPSA) is 38.3 Å². The van der Waals surface area contributed by atoms with Gasteiger partial charge in [0.25, 0.3) is 5.91 Å². The molecule has 0 spiro atoms. The van der Waals surface area contributed by atoms with E-state index in [1.54, 1.807) is 25.3 Å². The van der Waals surface area contributed by atoms with Gasteiger partial charge in [0.2, 0.25) is 0 Å². The molecule has 0 aliphatic carbocycles. The molecule has 0 fully saturated rings. The Labute approximate surface area is 115 Å². The molecule has 0 saturated heterocycles. The Balaban J connectivity index is 2.67. The number of benzene rings is 1. The summed E-state index contributed by atoms with van der Waals surface area (Å²) in [6, 6.07) is 5.28. The number of rotatable bonds is 5. The van der Waals surface area contributed by atoms with Crippen molar-refractivity contribution >= 4 is 33.4 Å². The van der Waals surface area contributed by atoms with Gasteiger partial charge in [-0.1, -0.05) is 0 Å². The number of methoxy groups -OCH3 is 1. The number of carbonyl (C=O) groups excluding carboxylic acids is 1. The summed E-state index contributed by atoms with van der Waals surface area (Å²) < 4.78 is 5.83. The van der Waals surface area contributed by atoms with Crippen LogP contribution in [0.3, 0.4) is 0 Å². The fraction of sp³-hybridized carbons (Fsp3) is 0.417. The van der Waals surface area contributed by atoms with Crippen LogP contribution in [0, 0.1) is 0 Å². The zero-order valence-corrected chi connectivity index (χ0v) is 12.1. The Kier molecular flexibility index (Phi) is 5.78. The minimum Gasteiger partial charge on any atom is -0.497 e. The van der Waals surface area contributed by atoms with Crippen LogP contribution in [0.15, 0.2) is 22.7 Å². The molecule has 0 aliphatic rings. The number of halogens is 2. The van der Waals surface area contributed by atoms with Crippen LogP contribution in [0.2, 0.25) is 0 Å². The Bertz CT molecular complexity index is 396. The van der Waals surface area contributed by atoms with Gasteiger partial charge in [-0.3, -0.25) is 4.79 Å². The van der Waals surface area contributed by atoms with Crippen LogP contribution in [0.1, 0.15) is 23.7 Å². The molecule has 1 N–H and O–H groups in total. The van der Waals surface area contributed by atoms with Crippen molar-refractivity contribution in [3.63, 3.8) is 0 Å². The smallest absolute Gasteiger partial charge is 0.252 e. The van der Waals surface area contributed by atoms with E-state index in [9.17, 15) is 4.79 Å². The van der Waals surface area contributed by atoms with Crippen molar-refractivity contribution in [1.82, 2.24) is 5.32 Å². The summed E-state index contributed by atoms with van der Waals surface area (Å²) in [7, 11) is 1.57. The van der Waals surface area contributed by atoms with Gasteiger partial charge in [-0.2, -0.15) is 0 Å². The minimum absolute atomic E-state index is 0.0593. The SMILES string of the molecule is COc1ccc(Br)c(C(=O)NCCC(C)Cl)c1. The van der Waals surface area contributed by atoms with Crippen LogP contribution in [-0.2, 0) is 0 Å². The van der Waals surface area contributed by atoms with Crippen LogP contribution in [0.25, 0.3) is 0 Å². The van der Waals surface area contributed by atoms with Crippen LogP contribution >= 0.6 is 27.5 Å². The second-order valence-electron chi connectivity index (χ2n) is 3.67. The standard InChI is InChI=1S/C12H15BrClNO2/c1-8(14)5-6-15-12(16)10-7-9(17-2)3-4-11(10)13/h3-4,7-8H,5-6H2,1-2H3,(H,15,16). The van der Waals surface area contributed by atoms with Gasteiger partial charge < -0.3 is 10.1 Å². The summed E-state index contributed by atoms with van der Waals surface area (Å²) >= 11 is 9.14. The molecule has 1 atom stereocenters. The average Bonchev–Trinajstić information content (AvgIpc) is 2.29. The van der Waals surface area contributed by atoms with Gasteiger partial charge in [0.15, 0.2) is 0 Å². The molecule has 1 unspecified atom stereocenters. The van der Waals surface area contributed by atoms with Gasteiger partial charge in [0, 0.05) is 16.4 Å². The van der Waals surface area contributed by atoms with E-state index >= 15 is 0 Å². The summed E-state index contributed by atoms with van der Waals surface area (Å²) in [6.07, 6.45) is 0.745. The van der Waals surface area contributed by atoms with Gasteiger partial charge in [-0.25, -0.2) is 0 Å². The molecule has 1 aromatic rings. The maximum atomic E-state index is 11.9. The van der Waals surface area contributed by atoms with E-state index in [4.69, 9.17) is 16.3 Å². The van der Waals surface area contributed by atoms with Gasteiger partial charge >= 0.3 is 0 Å². The average molecular weight is 321 g/mol. The zero-order valence-electron chi connectivity index (χ0n) is 9.80. The van der Waals surface area contributed by atoms with E-state index in [1.807, 2.05) is 6.92 Å². The molecule has 0 aliphatic heterocycles.